The molecule has 28 heavy (non-hydrogen) atoms. The average molecular weight is 400 g/mol. The number of carbonyl (C=O) groups excluding carboxylic acids is 4. The lowest BCUT2D eigenvalue weighted by Gasteiger charge is -2.19. The molecule has 0 aliphatic heterocycles. The molecule has 4 amide bonds. The van der Waals surface area contributed by atoms with E-state index in [1.807, 2.05) is 0 Å². The minimum atomic E-state index is -0.666. The van der Waals surface area contributed by atoms with Crippen molar-refractivity contribution in [2.45, 2.75) is 52.7 Å². The topological polar surface area (TPSA) is 135 Å². The quantitative estimate of drug-likeness (QED) is 0.446. The number of hydrogen-bond donors (Lipinski definition) is 4. The number of nitrogens with one attached hydrogen (secondary N) is 4. The minimum Gasteiger partial charge on any atom is -0.444 e. The Morgan fingerprint density at radius 3 is 1.25 bits per heavy atom. The van der Waals surface area contributed by atoms with Crippen molar-refractivity contribution in [2.24, 2.45) is 0 Å². The molecule has 0 aromatic carbocycles. The van der Waals surface area contributed by atoms with Gasteiger partial charge in [0, 0.05) is 13.1 Å². The zero-order valence-electron chi connectivity index (χ0n) is 17.4. The van der Waals surface area contributed by atoms with E-state index in [2.05, 4.69) is 21.3 Å². The van der Waals surface area contributed by atoms with E-state index in [4.69, 9.17) is 9.47 Å². The maximum atomic E-state index is 11.6. The van der Waals surface area contributed by atoms with Gasteiger partial charge in [0.15, 0.2) is 0 Å². The van der Waals surface area contributed by atoms with Crippen LogP contribution in [0.15, 0.2) is 12.2 Å². The molecule has 160 valence electrons. The lowest BCUT2D eigenvalue weighted by Crippen LogP contribution is -2.40. The normalized spacial score (nSPS) is 11.5. The van der Waals surface area contributed by atoms with Crippen molar-refractivity contribution in [3.8, 4) is 0 Å². The highest BCUT2D eigenvalue weighted by atomic mass is 16.6. The van der Waals surface area contributed by atoms with Gasteiger partial charge in [-0.1, -0.05) is 12.2 Å². The summed E-state index contributed by atoms with van der Waals surface area (Å²) >= 11 is 0. The van der Waals surface area contributed by atoms with E-state index in [0.29, 0.717) is 0 Å². The number of hydrogen-bond acceptors (Lipinski definition) is 6. The Hall–Kier alpha value is -2.78. The second-order valence-corrected chi connectivity index (χ2v) is 7.79. The summed E-state index contributed by atoms with van der Waals surface area (Å²) in [7, 11) is 0. The second-order valence-electron chi connectivity index (χ2n) is 7.79. The van der Waals surface area contributed by atoms with Gasteiger partial charge in [0.05, 0.1) is 0 Å². The summed E-state index contributed by atoms with van der Waals surface area (Å²) < 4.78 is 10.0. The lowest BCUT2D eigenvalue weighted by molar-refractivity contribution is -0.120. The third-order valence-corrected chi connectivity index (χ3v) is 2.59. The second kappa shape index (κ2) is 11.8. The van der Waals surface area contributed by atoms with Crippen LogP contribution in [0.25, 0.3) is 0 Å². The number of rotatable bonds is 8. The number of amides is 4. The predicted octanol–water partition coefficient (Wildman–Crippen LogP) is 0.824. The predicted molar refractivity (Wildman–Crippen MR) is 104 cm³/mol. The monoisotopic (exact) mass is 400 g/mol. The summed E-state index contributed by atoms with van der Waals surface area (Å²) in [4.78, 5) is 45.9. The average Bonchev–Trinajstić information content (AvgIpc) is 2.51. The van der Waals surface area contributed by atoms with E-state index in [1.165, 1.54) is 0 Å². The molecule has 0 atom stereocenters. The van der Waals surface area contributed by atoms with Crippen LogP contribution in [0, 0.1) is 0 Å². The summed E-state index contributed by atoms with van der Waals surface area (Å²) in [6, 6.07) is 0. The molecule has 4 N–H and O–H groups in total. The highest BCUT2D eigenvalue weighted by Crippen LogP contribution is 2.06. The van der Waals surface area contributed by atoms with Crippen molar-refractivity contribution in [2.75, 3.05) is 26.2 Å². The molecule has 0 heterocycles. The van der Waals surface area contributed by atoms with Gasteiger partial charge in [0.25, 0.3) is 0 Å². The van der Waals surface area contributed by atoms with Gasteiger partial charge in [0.2, 0.25) is 11.8 Å². The molecule has 0 saturated heterocycles. The lowest BCUT2D eigenvalue weighted by atomic mass is 10.2. The van der Waals surface area contributed by atoms with Crippen molar-refractivity contribution in [3.05, 3.63) is 12.2 Å². The molecule has 10 heteroatoms. The summed E-state index contributed by atoms with van der Waals surface area (Å²) in [5.41, 5.74) is -1.26. The first-order valence-electron chi connectivity index (χ1n) is 8.90. The van der Waals surface area contributed by atoms with Crippen LogP contribution in [-0.2, 0) is 19.1 Å². The molecule has 0 unspecified atom stereocenters. The van der Waals surface area contributed by atoms with E-state index in [9.17, 15) is 19.2 Å². The first-order chi connectivity index (χ1) is 12.8. The van der Waals surface area contributed by atoms with Crippen molar-refractivity contribution >= 4 is 24.0 Å². The molecule has 0 radical (unpaired) electrons. The van der Waals surface area contributed by atoms with Crippen LogP contribution in [0.3, 0.4) is 0 Å². The summed E-state index contributed by atoms with van der Waals surface area (Å²) in [6.07, 6.45) is 1.96. The fourth-order valence-electron chi connectivity index (χ4n) is 1.57. The van der Waals surface area contributed by atoms with Crippen molar-refractivity contribution in [3.63, 3.8) is 0 Å². The van der Waals surface area contributed by atoms with Gasteiger partial charge in [0.1, 0.15) is 24.3 Å². The summed E-state index contributed by atoms with van der Waals surface area (Å²) in [5.74, 6) is -0.748. The molecule has 0 fully saturated rings. The SMILES string of the molecule is CC(C)(C)OC(=O)NCC(=O)NC/C=C/CNC(=O)CNC(=O)OC(C)(C)C. The van der Waals surface area contributed by atoms with Crippen LogP contribution in [0.4, 0.5) is 9.59 Å². The Labute approximate surface area is 165 Å². The Bertz CT molecular complexity index is 526. The van der Waals surface area contributed by atoms with Crippen LogP contribution < -0.4 is 21.3 Å². The summed E-state index contributed by atoms with van der Waals surface area (Å²) in [6.45, 7) is 10.4. The van der Waals surface area contributed by atoms with E-state index in [1.54, 1.807) is 53.7 Å². The van der Waals surface area contributed by atoms with Crippen LogP contribution in [-0.4, -0.2) is 61.4 Å². The molecule has 0 rings (SSSR count). The number of carbonyl (C=O) groups is 4. The van der Waals surface area contributed by atoms with Gasteiger partial charge in [-0.3, -0.25) is 9.59 Å². The van der Waals surface area contributed by atoms with Gasteiger partial charge < -0.3 is 30.7 Å². The fourth-order valence-corrected chi connectivity index (χ4v) is 1.57. The first kappa shape index (κ1) is 25.2. The molecule has 0 aromatic rings. The molecule has 0 bridgehead atoms. The van der Waals surface area contributed by atoms with Crippen molar-refractivity contribution in [1.82, 2.24) is 21.3 Å². The Morgan fingerprint density at radius 1 is 0.643 bits per heavy atom. The van der Waals surface area contributed by atoms with E-state index in [-0.39, 0.29) is 38.0 Å². The Balaban J connectivity index is 3.81. The van der Waals surface area contributed by atoms with Gasteiger partial charge in [-0.2, -0.15) is 0 Å². The van der Waals surface area contributed by atoms with Gasteiger partial charge >= 0.3 is 12.2 Å². The zero-order chi connectivity index (χ0) is 21.8. The number of ether oxygens (including phenoxy) is 2. The third kappa shape index (κ3) is 16.7. The highest BCUT2D eigenvalue weighted by molar-refractivity contribution is 5.82. The smallest absolute Gasteiger partial charge is 0.408 e. The van der Waals surface area contributed by atoms with Gasteiger partial charge in [-0.15, -0.1) is 0 Å². The molecule has 0 aliphatic carbocycles. The maximum Gasteiger partial charge on any atom is 0.408 e. The standard InChI is InChI=1S/C18H32N4O6/c1-17(2,3)27-15(25)21-11-13(23)19-9-7-8-10-20-14(24)12-22-16(26)28-18(4,5)6/h7-8H,9-12H2,1-6H3,(H,19,23)(H,20,24)(H,21,25)(H,22,26)/b8-7+. The maximum absolute atomic E-state index is 11.6. The van der Waals surface area contributed by atoms with Crippen molar-refractivity contribution < 1.29 is 28.7 Å². The van der Waals surface area contributed by atoms with E-state index < -0.39 is 23.4 Å². The van der Waals surface area contributed by atoms with Gasteiger partial charge in [-0.05, 0) is 41.5 Å². The van der Waals surface area contributed by atoms with Crippen LogP contribution in [0.5, 0.6) is 0 Å². The molecule has 0 aliphatic rings. The van der Waals surface area contributed by atoms with Crippen LogP contribution in [0.2, 0.25) is 0 Å². The molecule has 0 spiro atoms. The zero-order valence-corrected chi connectivity index (χ0v) is 17.4. The minimum absolute atomic E-state index is 0.199. The van der Waals surface area contributed by atoms with E-state index in [0.717, 1.165) is 0 Å². The molecule has 0 aromatic heterocycles. The molecular weight excluding hydrogens is 368 g/mol. The first-order valence-corrected chi connectivity index (χ1v) is 8.90. The molecule has 0 saturated carbocycles. The fraction of sp³-hybridized carbons (Fsp3) is 0.667. The van der Waals surface area contributed by atoms with Crippen LogP contribution in [0.1, 0.15) is 41.5 Å². The largest absolute Gasteiger partial charge is 0.444 e. The Morgan fingerprint density at radius 2 is 0.964 bits per heavy atom. The highest BCUT2D eigenvalue weighted by Gasteiger charge is 2.17. The van der Waals surface area contributed by atoms with E-state index >= 15 is 0 Å². The number of alkyl carbamates (subject to hydrolysis) is 2. The van der Waals surface area contributed by atoms with Crippen molar-refractivity contribution in [1.29, 1.82) is 0 Å². The summed E-state index contributed by atoms with van der Waals surface area (Å²) in [5, 5.41) is 9.83. The molecular formula is C18H32N4O6. The van der Waals surface area contributed by atoms with Gasteiger partial charge in [-0.25, -0.2) is 9.59 Å². The van der Waals surface area contributed by atoms with Crippen LogP contribution >= 0.6 is 0 Å². The third-order valence-electron chi connectivity index (χ3n) is 2.59. The Kier molecular flexibility index (Phi) is 10.7. The molecule has 10 nitrogen and oxygen atoms in total.